The largest absolute Gasteiger partial charge is 0.367 e. The van der Waals surface area contributed by atoms with Gasteiger partial charge in [-0.05, 0) is 63.2 Å². The number of anilines is 3. The molecule has 0 aliphatic carbocycles. The van der Waals surface area contributed by atoms with E-state index in [4.69, 9.17) is 28.2 Å². The SMILES string of the molecule is Cc1ccc2nc(Nc3cc(Cl)cc(Cl)c3)nc(NC3CCNCC3)c2c1. The van der Waals surface area contributed by atoms with Gasteiger partial charge < -0.3 is 16.0 Å². The number of aryl methyl sites for hydroxylation is 1. The topological polar surface area (TPSA) is 61.9 Å². The summed E-state index contributed by atoms with van der Waals surface area (Å²) in [7, 11) is 0. The molecule has 1 aromatic heterocycles. The molecule has 1 aliphatic rings. The molecule has 5 nitrogen and oxygen atoms in total. The summed E-state index contributed by atoms with van der Waals surface area (Å²) in [5, 5.41) is 12.4. The van der Waals surface area contributed by atoms with Gasteiger partial charge in [0, 0.05) is 27.2 Å². The van der Waals surface area contributed by atoms with Crippen molar-refractivity contribution in [3.8, 4) is 0 Å². The highest BCUT2D eigenvalue weighted by molar-refractivity contribution is 6.35. The number of benzene rings is 2. The predicted molar refractivity (Wildman–Crippen MR) is 114 cm³/mol. The van der Waals surface area contributed by atoms with E-state index < -0.39 is 0 Å². The molecule has 7 heteroatoms. The Morgan fingerprint density at radius 1 is 1.00 bits per heavy atom. The molecular weight excluding hydrogens is 381 g/mol. The lowest BCUT2D eigenvalue weighted by atomic mass is 10.1. The summed E-state index contributed by atoms with van der Waals surface area (Å²) >= 11 is 12.2. The number of halogens is 2. The lowest BCUT2D eigenvalue weighted by Crippen LogP contribution is -2.35. The van der Waals surface area contributed by atoms with Crippen molar-refractivity contribution in [2.45, 2.75) is 25.8 Å². The Hall–Kier alpha value is -2.08. The molecule has 3 N–H and O–H groups in total. The minimum absolute atomic E-state index is 0.401. The van der Waals surface area contributed by atoms with E-state index in [2.05, 4.69) is 40.0 Å². The molecule has 0 atom stereocenters. The van der Waals surface area contributed by atoms with Gasteiger partial charge >= 0.3 is 0 Å². The molecule has 1 aliphatic heterocycles. The first-order chi connectivity index (χ1) is 13.1. The molecular formula is C20H21Cl2N5. The Morgan fingerprint density at radius 2 is 1.74 bits per heavy atom. The second-order valence-electron chi connectivity index (χ2n) is 6.87. The molecule has 0 unspecified atom stereocenters. The van der Waals surface area contributed by atoms with Crippen LogP contribution in [0.25, 0.3) is 10.9 Å². The fraction of sp³-hybridized carbons (Fsp3) is 0.300. The molecule has 140 valence electrons. The zero-order valence-electron chi connectivity index (χ0n) is 15.0. The van der Waals surface area contributed by atoms with Gasteiger partial charge in [0.1, 0.15) is 5.82 Å². The smallest absolute Gasteiger partial charge is 0.229 e. The number of aromatic nitrogens is 2. The summed E-state index contributed by atoms with van der Waals surface area (Å²) in [6.07, 6.45) is 2.15. The van der Waals surface area contributed by atoms with E-state index in [1.54, 1.807) is 18.2 Å². The van der Waals surface area contributed by atoms with Gasteiger partial charge in [-0.2, -0.15) is 4.98 Å². The average molecular weight is 402 g/mol. The van der Waals surface area contributed by atoms with Crippen LogP contribution in [0.4, 0.5) is 17.5 Å². The summed E-state index contributed by atoms with van der Waals surface area (Å²) in [5.74, 6) is 1.37. The molecule has 0 bridgehead atoms. The normalized spacial score (nSPS) is 15.1. The number of rotatable bonds is 4. The fourth-order valence-corrected chi connectivity index (χ4v) is 3.85. The van der Waals surface area contributed by atoms with Crippen molar-refractivity contribution >= 4 is 51.6 Å². The third-order valence-corrected chi connectivity index (χ3v) is 5.09. The van der Waals surface area contributed by atoms with Crippen molar-refractivity contribution in [3.05, 3.63) is 52.0 Å². The average Bonchev–Trinajstić information content (AvgIpc) is 2.62. The maximum atomic E-state index is 6.11. The highest BCUT2D eigenvalue weighted by atomic mass is 35.5. The number of hydrogen-bond acceptors (Lipinski definition) is 5. The summed E-state index contributed by atoms with van der Waals surface area (Å²) < 4.78 is 0. The number of nitrogens with one attached hydrogen (secondary N) is 3. The maximum Gasteiger partial charge on any atom is 0.229 e. The Bertz CT molecular complexity index is 950. The van der Waals surface area contributed by atoms with Crippen LogP contribution in [0.3, 0.4) is 0 Å². The molecule has 3 aromatic rings. The van der Waals surface area contributed by atoms with E-state index in [-0.39, 0.29) is 0 Å². The first-order valence-corrected chi connectivity index (χ1v) is 9.81. The summed E-state index contributed by atoms with van der Waals surface area (Å²) in [5.41, 5.74) is 2.83. The van der Waals surface area contributed by atoms with Crippen molar-refractivity contribution in [2.24, 2.45) is 0 Å². The van der Waals surface area contributed by atoms with E-state index in [1.807, 2.05) is 6.07 Å². The lowest BCUT2D eigenvalue weighted by Gasteiger charge is -2.25. The standard InChI is InChI=1S/C20H21Cl2N5/c1-12-2-3-18-17(8-12)19(24-15-4-6-23-7-5-15)27-20(26-18)25-16-10-13(21)9-14(22)11-16/h2-3,8-11,15,23H,4-7H2,1H3,(H2,24,25,26,27). The molecule has 0 spiro atoms. The molecule has 2 aromatic carbocycles. The van der Waals surface area contributed by atoms with Gasteiger partial charge in [0.2, 0.25) is 5.95 Å². The Labute approximate surface area is 168 Å². The molecule has 2 heterocycles. The number of nitrogens with zero attached hydrogens (tertiary/aromatic N) is 2. The highest BCUT2D eigenvalue weighted by Crippen LogP contribution is 2.28. The van der Waals surface area contributed by atoms with E-state index in [0.29, 0.717) is 22.0 Å². The molecule has 4 rings (SSSR count). The predicted octanol–water partition coefficient (Wildman–Crippen LogP) is 5.15. The molecule has 1 fully saturated rings. The Kier molecular flexibility index (Phi) is 5.34. The summed E-state index contributed by atoms with van der Waals surface area (Å²) in [4.78, 5) is 9.41. The quantitative estimate of drug-likeness (QED) is 0.563. The summed E-state index contributed by atoms with van der Waals surface area (Å²) in [6, 6.07) is 11.9. The van der Waals surface area contributed by atoms with Gasteiger partial charge in [0.15, 0.2) is 0 Å². The second kappa shape index (κ2) is 7.89. The molecule has 0 amide bonds. The van der Waals surface area contributed by atoms with Crippen LogP contribution in [0.1, 0.15) is 18.4 Å². The third-order valence-electron chi connectivity index (χ3n) is 4.65. The van der Waals surface area contributed by atoms with Crippen LogP contribution in [-0.2, 0) is 0 Å². The minimum atomic E-state index is 0.401. The van der Waals surface area contributed by atoms with E-state index in [9.17, 15) is 0 Å². The van der Waals surface area contributed by atoms with E-state index in [1.165, 1.54) is 5.56 Å². The van der Waals surface area contributed by atoms with Crippen molar-refractivity contribution in [3.63, 3.8) is 0 Å². The van der Waals surface area contributed by atoms with Crippen LogP contribution >= 0.6 is 23.2 Å². The zero-order valence-corrected chi connectivity index (χ0v) is 16.5. The number of piperidine rings is 1. The molecule has 1 saturated heterocycles. The van der Waals surface area contributed by atoms with Gasteiger partial charge in [0.05, 0.1) is 5.52 Å². The first-order valence-electron chi connectivity index (χ1n) is 9.05. The Balaban J connectivity index is 1.71. The second-order valence-corrected chi connectivity index (χ2v) is 7.74. The highest BCUT2D eigenvalue weighted by Gasteiger charge is 2.16. The van der Waals surface area contributed by atoms with Crippen molar-refractivity contribution < 1.29 is 0 Å². The van der Waals surface area contributed by atoms with Crippen LogP contribution in [0, 0.1) is 6.92 Å². The van der Waals surface area contributed by atoms with Crippen molar-refractivity contribution in [2.75, 3.05) is 23.7 Å². The molecule has 27 heavy (non-hydrogen) atoms. The van der Waals surface area contributed by atoms with Gasteiger partial charge in [0.25, 0.3) is 0 Å². The van der Waals surface area contributed by atoms with Crippen LogP contribution in [-0.4, -0.2) is 29.1 Å². The maximum absolute atomic E-state index is 6.11. The van der Waals surface area contributed by atoms with Crippen LogP contribution in [0.2, 0.25) is 10.0 Å². The van der Waals surface area contributed by atoms with Crippen LogP contribution in [0.15, 0.2) is 36.4 Å². The van der Waals surface area contributed by atoms with Crippen molar-refractivity contribution in [1.82, 2.24) is 15.3 Å². The van der Waals surface area contributed by atoms with Crippen LogP contribution in [0.5, 0.6) is 0 Å². The first kappa shape index (κ1) is 18.3. The molecule has 0 radical (unpaired) electrons. The number of hydrogen-bond donors (Lipinski definition) is 3. The Morgan fingerprint density at radius 3 is 2.48 bits per heavy atom. The van der Waals surface area contributed by atoms with Gasteiger partial charge in [-0.25, -0.2) is 4.98 Å². The number of fused-ring (bicyclic) bond motifs is 1. The van der Waals surface area contributed by atoms with Gasteiger partial charge in [-0.1, -0.05) is 34.8 Å². The summed E-state index contributed by atoms with van der Waals surface area (Å²) in [6.45, 7) is 4.12. The zero-order chi connectivity index (χ0) is 18.8. The minimum Gasteiger partial charge on any atom is -0.367 e. The van der Waals surface area contributed by atoms with Gasteiger partial charge in [-0.15, -0.1) is 0 Å². The monoisotopic (exact) mass is 401 g/mol. The third kappa shape index (κ3) is 4.43. The molecule has 0 saturated carbocycles. The van der Waals surface area contributed by atoms with E-state index in [0.717, 1.165) is 48.3 Å². The fourth-order valence-electron chi connectivity index (χ4n) is 3.32. The van der Waals surface area contributed by atoms with Crippen LogP contribution < -0.4 is 16.0 Å². The van der Waals surface area contributed by atoms with E-state index >= 15 is 0 Å². The van der Waals surface area contributed by atoms with Crippen molar-refractivity contribution in [1.29, 1.82) is 0 Å². The van der Waals surface area contributed by atoms with Gasteiger partial charge in [-0.3, -0.25) is 0 Å². The lowest BCUT2D eigenvalue weighted by molar-refractivity contribution is 0.478.